The minimum absolute atomic E-state index is 0.108. The lowest BCUT2D eigenvalue weighted by Crippen LogP contribution is -2.44. The molecule has 2 atom stereocenters. The predicted molar refractivity (Wildman–Crippen MR) is 141 cm³/mol. The van der Waals surface area contributed by atoms with Gasteiger partial charge >= 0.3 is 0 Å². The molecule has 170 valence electrons. The number of fused-ring (bicyclic) bond motifs is 2. The summed E-state index contributed by atoms with van der Waals surface area (Å²) in [5.74, 6) is 2.26. The highest BCUT2D eigenvalue weighted by atomic mass is 79.9. The Hall–Kier alpha value is -0.523. The largest absolute Gasteiger partial charge is 0.542 e. The van der Waals surface area contributed by atoms with Gasteiger partial charge in [-0.05, 0) is 118 Å². The Balaban J connectivity index is 1.96. The SMILES string of the molecule is CC(C)(C)[Si](C)(C)Oc1c(Br)cc2c(c1C1=C(O)C(Br)=CC3CCCCC13)CCCC2. The first kappa shape index (κ1) is 23.6. The van der Waals surface area contributed by atoms with Gasteiger partial charge in [0.15, 0.2) is 0 Å². The van der Waals surface area contributed by atoms with Crippen molar-refractivity contribution >= 4 is 45.8 Å². The number of benzene rings is 1. The highest BCUT2D eigenvalue weighted by Crippen LogP contribution is 2.53. The first-order chi connectivity index (χ1) is 14.5. The maximum absolute atomic E-state index is 11.4. The van der Waals surface area contributed by atoms with E-state index in [9.17, 15) is 5.11 Å². The normalized spacial score (nSPS) is 24.4. The van der Waals surface area contributed by atoms with Crippen LogP contribution in [-0.4, -0.2) is 13.4 Å². The van der Waals surface area contributed by atoms with Crippen LogP contribution in [0.25, 0.3) is 5.57 Å². The van der Waals surface area contributed by atoms with Gasteiger partial charge in [0.2, 0.25) is 0 Å². The third-order valence-corrected chi connectivity index (χ3v) is 13.6. The lowest BCUT2D eigenvalue weighted by atomic mass is 9.69. The zero-order chi connectivity index (χ0) is 22.6. The topological polar surface area (TPSA) is 29.5 Å². The van der Waals surface area contributed by atoms with E-state index < -0.39 is 8.32 Å². The van der Waals surface area contributed by atoms with E-state index in [1.807, 2.05) is 0 Å². The van der Waals surface area contributed by atoms with E-state index in [0.29, 0.717) is 17.6 Å². The molecule has 1 fully saturated rings. The molecule has 31 heavy (non-hydrogen) atoms. The van der Waals surface area contributed by atoms with E-state index in [2.05, 4.69) is 77.9 Å². The van der Waals surface area contributed by atoms with Crippen molar-refractivity contribution in [3.05, 3.63) is 43.5 Å². The molecule has 1 N–H and O–H groups in total. The monoisotopic (exact) mass is 566 g/mol. The Kier molecular flexibility index (Phi) is 6.62. The fourth-order valence-corrected chi connectivity index (χ4v) is 7.52. The second kappa shape index (κ2) is 8.68. The summed E-state index contributed by atoms with van der Waals surface area (Å²) in [6.45, 7) is 11.5. The van der Waals surface area contributed by atoms with Gasteiger partial charge in [-0.15, -0.1) is 0 Å². The number of halogens is 2. The molecule has 0 radical (unpaired) electrons. The lowest BCUT2D eigenvalue weighted by Gasteiger charge is -2.41. The van der Waals surface area contributed by atoms with E-state index in [1.54, 1.807) is 0 Å². The zero-order valence-electron chi connectivity index (χ0n) is 19.6. The van der Waals surface area contributed by atoms with Crippen molar-refractivity contribution < 1.29 is 9.53 Å². The minimum Gasteiger partial charge on any atom is -0.542 e. The van der Waals surface area contributed by atoms with Crippen LogP contribution in [0.15, 0.2) is 26.9 Å². The number of aryl methyl sites for hydroxylation is 1. The summed E-state index contributed by atoms with van der Waals surface area (Å²) in [5.41, 5.74) is 5.17. The molecular formula is C26H36Br2O2Si. The third-order valence-electron chi connectivity index (χ3n) is 8.02. The van der Waals surface area contributed by atoms with E-state index in [0.717, 1.165) is 39.5 Å². The maximum atomic E-state index is 11.4. The Labute approximate surface area is 205 Å². The van der Waals surface area contributed by atoms with Crippen LogP contribution in [0.4, 0.5) is 0 Å². The summed E-state index contributed by atoms with van der Waals surface area (Å²) in [4.78, 5) is 0. The van der Waals surface area contributed by atoms with Crippen molar-refractivity contribution in [3.8, 4) is 5.75 Å². The Bertz CT molecular complexity index is 940. The van der Waals surface area contributed by atoms with Gasteiger partial charge in [0.25, 0.3) is 8.32 Å². The molecule has 0 aliphatic heterocycles. The van der Waals surface area contributed by atoms with Crippen LogP contribution < -0.4 is 4.43 Å². The summed E-state index contributed by atoms with van der Waals surface area (Å²) < 4.78 is 8.93. The van der Waals surface area contributed by atoms with E-state index in [1.165, 1.54) is 48.8 Å². The quantitative estimate of drug-likeness (QED) is 0.369. The molecule has 0 saturated heterocycles. The smallest absolute Gasteiger partial charge is 0.250 e. The van der Waals surface area contributed by atoms with Crippen molar-refractivity contribution in [2.75, 3.05) is 0 Å². The van der Waals surface area contributed by atoms with E-state index in [-0.39, 0.29) is 5.04 Å². The summed E-state index contributed by atoms with van der Waals surface area (Å²) >= 11 is 7.60. The summed E-state index contributed by atoms with van der Waals surface area (Å²) in [6.07, 6.45) is 11.7. The van der Waals surface area contributed by atoms with Crippen LogP contribution in [0.2, 0.25) is 18.1 Å². The van der Waals surface area contributed by atoms with Crippen molar-refractivity contribution in [2.24, 2.45) is 11.8 Å². The van der Waals surface area contributed by atoms with Gasteiger partial charge in [0.1, 0.15) is 11.5 Å². The number of allylic oxidation sites excluding steroid dienone is 3. The molecule has 1 aromatic rings. The van der Waals surface area contributed by atoms with Crippen LogP contribution in [0.1, 0.15) is 76.0 Å². The number of aliphatic hydroxyl groups excluding tert-OH is 1. The third kappa shape index (κ3) is 4.36. The molecule has 4 rings (SSSR count). The van der Waals surface area contributed by atoms with Gasteiger partial charge in [-0.25, -0.2) is 0 Å². The summed E-state index contributed by atoms with van der Waals surface area (Å²) in [5, 5.41) is 11.5. The van der Waals surface area contributed by atoms with Crippen molar-refractivity contribution in [2.45, 2.75) is 90.3 Å². The standard InChI is InChI=1S/C26H36Br2O2Si/c1-26(2,3)31(4,5)30-25-21(28)15-17-11-7-9-13-19(17)23(25)22-18-12-8-6-10-16(18)14-20(27)24(22)29/h14-16,18,29H,6-13H2,1-5H3. The van der Waals surface area contributed by atoms with Crippen LogP contribution >= 0.6 is 31.9 Å². The van der Waals surface area contributed by atoms with Gasteiger partial charge in [0, 0.05) is 11.1 Å². The molecule has 0 bridgehead atoms. The Morgan fingerprint density at radius 3 is 2.42 bits per heavy atom. The maximum Gasteiger partial charge on any atom is 0.250 e. The van der Waals surface area contributed by atoms with Crippen molar-refractivity contribution in [3.63, 3.8) is 0 Å². The second-order valence-corrected chi connectivity index (χ2v) is 17.5. The molecular weight excluding hydrogens is 532 g/mol. The first-order valence-electron chi connectivity index (χ1n) is 11.9. The van der Waals surface area contributed by atoms with Crippen LogP contribution in [0, 0.1) is 11.8 Å². The Morgan fingerprint density at radius 1 is 1.03 bits per heavy atom. The lowest BCUT2D eigenvalue weighted by molar-refractivity contribution is 0.325. The number of aliphatic hydroxyl groups is 1. The van der Waals surface area contributed by atoms with Crippen LogP contribution in [0.5, 0.6) is 5.75 Å². The predicted octanol–water partition coefficient (Wildman–Crippen LogP) is 9.08. The van der Waals surface area contributed by atoms with Gasteiger partial charge in [0.05, 0.1) is 8.96 Å². The van der Waals surface area contributed by atoms with Crippen molar-refractivity contribution in [1.82, 2.24) is 0 Å². The van der Waals surface area contributed by atoms with Crippen molar-refractivity contribution in [1.29, 1.82) is 0 Å². The first-order valence-corrected chi connectivity index (χ1v) is 16.3. The molecule has 0 heterocycles. The van der Waals surface area contributed by atoms with Gasteiger partial charge in [-0.1, -0.05) is 39.7 Å². The molecule has 1 saturated carbocycles. The molecule has 2 unspecified atom stereocenters. The molecule has 1 aromatic carbocycles. The fourth-order valence-electron chi connectivity index (χ4n) is 5.23. The summed E-state index contributed by atoms with van der Waals surface area (Å²) in [7, 11) is -2.06. The molecule has 5 heteroatoms. The minimum atomic E-state index is -2.06. The zero-order valence-corrected chi connectivity index (χ0v) is 23.7. The molecule has 3 aliphatic carbocycles. The molecule has 0 spiro atoms. The average Bonchev–Trinajstić information content (AvgIpc) is 2.69. The average molecular weight is 568 g/mol. The summed E-state index contributed by atoms with van der Waals surface area (Å²) in [6, 6.07) is 2.30. The van der Waals surface area contributed by atoms with Crippen LogP contribution in [0.3, 0.4) is 0 Å². The second-order valence-electron chi connectivity index (χ2n) is 11.1. The molecule has 3 aliphatic rings. The Morgan fingerprint density at radius 2 is 1.71 bits per heavy atom. The molecule has 0 aromatic heterocycles. The highest BCUT2D eigenvalue weighted by Gasteiger charge is 2.42. The molecule has 2 nitrogen and oxygen atoms in total. The van der Waals surface area contributed by atoms with Gasteiger partial charge < -0.3 is 9.53 Å². The highest BCUT2D eigenvalue weighted by molar-refractivity contribution is 9.12. The van der Waals surface area contributed by atoms with Gasteiger partial charge in [-0.3, -0.25) is 0 Å². The molecule has 0 amide bonds. The van der Waals surface area contributed by atoms with Crippen LogP contribution in [-0.2, 0) is 12.8 Å². The van der Waals surface area contributed by atoms with Gasteiger partial charge in [-0.2, -0.15) is 0 Å². The van der Waals surface area contributed by atoms with E-state index in [4.69, 9.17) is 4.43 Å². The number of hydrogen-bond donors (Lipinski definition) is 1. The number of hydrogen-bond acceptors (Lipinski definition) is 2. The van der Waals surface area contributed by atoms with E-state index >= 15 is 0 Å². The number of rotatable bonds is 3. The fraction of sp³-hybridized carbons (Fsp3) is 0.615.